The number of nitrogens with one attached hydrogen (secondary N) is 1. The molecule has 2 heterocycles. The van der Waals surface area contributed by atoms with Gasteiger partial charge < -0.3 is 9.73 Å². The first-order chi connectivity index (χ1) is 13.1. The number of benzene rings is 2. The van der Waals surface area contributed by atoms with Gasteiger partial charge in [-0.25, -0.2) is 4.98 Å². The molecule has 0 spiro atoms. The van der Waals surface area contributed by atoms with Crippen LogP contribution in [0.1, 0.15) is 35.8 Å². The molecule has 1 aliphatic heterocycles. The zero-order valence-corrected chi connectivity index (χ0v) is 15.9. The second-order valence-electron chi connectivity index (χ2n) is 7.37. The number of aromatic nitrogens is 1. The van der Waals surface area contributed by atoms with E-state index >= 15 is 0 Å². The molecular formula is C22H25N3O2. The van der Waals surface area contributed by atoms with E-state index in [9.17, 15) is 4.79 Å². The van der Waals surface area contributed by atoms with Crippen LogP contribution in [0, 0.1) is 13.8 Å². The summed E-state index contributed by atoms with van der Waals surface area (Å²) >= 11 is 0. The van der Waals surface area contributed by atoms with Crippen LogP contribution in [-0.4, -0.2) is 35.4 Å². The molecule has 4 rings (SSSR count). The van der Waals surface area contributed by atoms with E-state index in [1.165, 1.54) is 5.56 Å². The molecule has 1 N–H and O–H groups in total. The van der Waals surface area contributed by atoms with Crippen LogP contribution in [0.4, 0.5) is 5.69 Å². The van der Waals surface area contributed by atoms with E-state index in [1.807, 2.05) is 43.3 Å². The minimum absolute atomic E-state index is 0.0454. The lowest BCUT2D eigenvalue weighted by Crippen LogP contribution is -2.38. The van der Waals surface area contributed by atoms with E-state index in [1.54, 1.807) is 0 Å². The zero-order valence-electron chi connectivity index (χ0n) is 15.9. The third-order valence-corrected chi connectivity index (χ3v) is 5.49. The molecule has 0 radical (unpaired) electrons. The number of hydrogen-bond acceptors (Lipinski definition) is 4. The van der Waals surface area contributed by atoms with Crippen molar-refractivity contribution in [1.82, 2.24) is 9.88 Å². The smallest absolute Gasteiger partial charge is 0.238 e. The zero-order chi connectivity index (χ0) is 18.8. The van der Waals surface area contributed by atoms with Gasteiger partial charge >= 0.3 is 0 Å². The molecule has 5 nitrogen and oxygen atoms in total. The van der Waals surface area contributed by atoms with Gasteiger partial charge in [-0.1, -0.05) is 24.3 Å². The van der Waals surface area contributed by atoms with Crippen LogP contribution in [0.3, 0.4) is 0 Å². The van der Waals surface area contributed by atoms with E-state index in [2.05, 4.69) is 28.2 Å². The molecule has 2 aromatic carbocycles. The van der Waals surface area contributed by atoms with Crippen molar-refractivity contribution in [2.75, 3.05) is 25.0 Å². The number of anilines is 1. The molecule has 1 aromatic heterocycles. The number of nitrogens with zero attached hydrogens (tertiary/aromatic N) is 2. The third-order valence-electron chi connectivity index (χ3n) is 5.49. The van der Waals surface area contributed by atoms with Crippen molar-refractivity contribution < 1.29 is 9.21 Å². The van der Waals surface area contributed by atoms with E-state index < -0.39 is 0 Å². The van der Waals surface area contributed by atoms with Crippen molar-refractivity contribution >= 4 is 22.7 Å². The minimum Gasteiger partial charge on any atom is -0.440 e. The fourth-order valence-corrected chi connectivity index (χ4v) is 3.68. The second-order valence-corrected chi connectivity index (χ2v) is 7.37. The molecule has 0 unspecified atom stereocenters. The molecule has 3 aromatic rings. The van der Waals surface area contributed by atoms with Gasteiger partial charge in [-0.3, -0.25) is 9.69 Å². The van der Waals surface area contributed by atoms with Crippen LogP contribution >= 0.6 is 0 Å². The molecule has 140 valence electrons. The third kappa shape index (κ3) is 3.88. The predicted molar refractivity (Wildman–Crippen MR) is 107 cm³/mol. The van der Waals surface area contributed by atoms with Crippen molar-refractivity contribution in [3.8, 4) is 0 Å². The number of piperidine rings is 1. The number of fused-ring (bicyclic) bond motifs is 1. The number of carbonyl (C=O) groups is 1. The molecule has 1 aliphatic rings. The average molecular weight is 363 g/mol. The summed E-state index contributed by atoms with van der Waals surface area (Å²) in [7, 11) is 0. The van der Waals surface area contributed by atoms with E-state index in [0.717, 1.165) is 54.2 Å². The normalized spacial score (nSPS) is 15.9. The summed E-state index contributed by atoms with van der Waals surface area (Å²) in [4.78, 5) is 19.3. The van der Waals surface area contributed by atoms with Gasteiger partial charge in [-0.15, -0.1) is 0 Å². The van der Waals surface area contributed by atoms with Gasteiger partial charge in [0.25, 0.3) is 0 Å². The molecule has 0 bridgehead atoms. The van der Waals surface area contributed by atoms with Crippen molar-refractivity contribution in [2.45, 2.75) is 32.6 Å². The number of oxazole rings is 1. The van der Waals surface area contributed by atoms with Gasteiger partial charge in [-0.05, 0) is 69.1 Å². The van der Waals surface area contributed by atoms with Gasteiger partial charge in [0.2, 0.25) is 5.91 Å². The number of rotatable bonds is 4. The summed E-state index contributed by atoms with van der Waals surface area (Å²) in [5.74, 6) is 1.20. The second kappa shape index (κ2) is 7.53. The minimum atomic E-state index is 0.0454. The molecule has 1 saturated heterocycles. The van der Waals surface area contributed by atoms with Crippen LogP contribution in [0.25, 0.3) is 11.1 Å². The van der Waals surface area contributed by atoms with Gasteiger partial charge in [-0.2, -0.15) is 0 Å². The summed E-state index contributed by atoms with van der Waals surface area (Å²) in [5, 5.41) is 3.05. The number of para-hydroxylation sites is 2. The number of hydrogen-bond donors (Lipinski definition) is 1. The number of likely N-dealkylation sites (tertiary alicyclic amines) is 1. The van der Waals surface area contributed by atoms with Gasteiger partial charge in [0, 0.05) is 11.6 Å². The summed E-state index contributed by atoms with van der Waals surface area (Å²) in [6, 6.07) is 13.9. The Hall–Kier alpha value is -2.66. The van der Waals surface area contributed by atoms with Crippen LogP contribution in [0.5, 0.6) is 0 Å². The predicted octanol–water partition coefficient (Wildman–Crippen LogP) is 4.26. The Labute approximate surface area is 159 Å². The van der Waals surface area contributed by atoms with Gasteiger partial charge in [0.15, 0.2) is 11.5 Å². The SMILES string of the molecule is Cc1cccc(NC(=O)CN2CCC(c3nc4ccccc4o3)CC2)c1C. The molecule has 0 saturated carbocycles. The van der Waals surface area contributed by atoms with E-state index in [-0.39, 0.29) is 5.91 Å². The molecule has 0 atom stereocenters. The fraction of sp³-hybridized carbons (Fsp3) is 0.364. The van der Waals surface area contributed by atoms with E-state index in [4.69, 9.17) is 4.42 Å². The van der Waals surface area contributed by atoms with Crippen molar-refractivity contribution in [3.63, 3.8) is 0 Å². The highest BCUT2D eigenvalue weighted by Crippen LogP contribution is 2.29. The summed E-state index contributed by atoms with van der Waals surface area (Å²) in [5.41, 5.74) is 4.99. The monoisotopic (exact) mass is 363 g/mol. The highest BCUT2D eigenvalue weighted by atomic mass is 16.3. The molecule has 5 heteroatoms. The topological polar surface area (TPSA) is 58.4 Å². The number of aryl methyl sites for hydroxylation is 1. The maximum Gasteiger partial charge on any atom is 0.238 e. The molecular weight excluding hydrogens is 338 g/mol. The number of amides is 1. The molecule has 27 heavy (non-hydrogen) atoms. The van der Waals surface area contributed by atoms with Crippen molar-refractivity contribution in [1.29, 1.82) is 0 Å². The Bertz CT molecular complexity index is 922. The highest BCUT2D eigenvalue weighted by molar-refractivity contribution is 5.93. The lowest BCUT2D eigenvalue weighted by atomic mass is 9.97. The maximum atomic E-state index is 12.4. The first kappa shape index (κ1) is 17.7. The first-order valence-electron chi connectivity index (χ1n) is 9.54. The maximum absolute atomic E-state index is 12.4. The molecule has 1 fully saturated rings. The quantitative estimate of drug-likeness (QED) is 0.752. The largest absolute Gasteiger partial charge is 0.440 e. The van der Waals surface area contributed by atoms with Crippen LogP contribution in [0.15, 0.2) is 46.9 Å². The average Bonchev–Trinajstić information content (AvgIpc) is 3.10. The van der Waals surface area contributed by atoms with Crippen LogP contribution < -0.4 is 5.32 Å². The Morgan fingerprint density at radius 2 is 1.93 bits per heavy atom. The van der Waals surface area contributed by atoms with E-state index in [0.29, 0.717) is 12.5 Å². The Kier molecular flexibility index (Phi) is 4.94. The highest BCUT2D eigenvalue weighted by Gasteiger charge is 2.25. The van der Waals surface area contributed by atoms with Crippen LogP contribution in [0.2, 0.25) is 0 Å². The van der Waals surface area contributed by atoms with Crippen LogP contribution in [-0.2, 0) is 4.79 Å². The molecule has 0 aliphatic carbocycles. The lowest BCUT2D eigenvalue weighted by Gasteiger charge is -2.30. The summed E-state index contributed by atoms with van der Waals surface area (Å²) < 4.78 is 5.92. The Morgan fingerprint density at radius 1 is 1.15 bits per heavy atom. The Morgan fingerprint density at radius 3 is 2.70 bits per heavy atom. The summed E-state index contributed by atoms with van der Waals surface area (Å²) in [6.45, 7) is 6.28. The standard InChI is InChI=1S/C22H25N3O2/c1-15-6-5-8-18(16(15)2)23-21(26)14-25-12-10-17(11-13-25)22-24-19-7-3-4-9-20(19)27-22/h3-9,17H,10-14H2,1-2H3,(H,23,26). The fourth-order valence-electron chi connectivity index (χ4n) is 3.68. The van der Waals surface area contributed by atoms with Gasteiger partial charge in [0.1, 0.15) is 5.52 Å². The Balaban J connectivity index is 1.32. The first-order valence-corrected chi connectivity index (χ1v) is 9.54. The lowest BCUT2D eigenvalue weighted by molar-refractivity contribution is -0.117. The van der Waals surface area contributed by atoms with Gasteiger partial charge in [0.05, 0.1) is 6.54 Å². The number of carbonyl (C=O) groups excluding carboxylic acids is 1. The van der Waals surface area contributed by atoms with Crippen molar-refractivity contribution in [3.05, 3.63) is 59.5 Å². The summed E-state index contributed by atoms with van der Waals surface area (Å²) in [6.07, 6.45) is 1.92. The van der Waals surface area contributed by atoms with Crippen molar-refractivity contribution in [2.24, 2.45) is 0 Å². The molecule has 1 amide bonds.